The summed E-state index contributed by atoms with van der Waals surface area (Å²) < 4.78 is 1.76. The molecule has 0 aliphatic carbocycles. The van der Waals surface area contributed by atoms with Gasteiger partial charge >= 0.3 is 0 Å². The van der Waals surface area contributed by atoms with Gasteiger partial charge in [-0.3, -0.25) is 10.1 Å². The van der Waals surface area contributed by atoms with Gasteiger partial charge in [-0.25, -0.2) is 4.68 Å². The molecule has 0 aliphatic heterocycles. The fourth-order valence-electron chi connectivity index (χ4n) is 2.53. The molecule has 0 amide bonds. The minimum Gasteiger partial charge on any atom is -0.373 e. The van der Waals surface area contributed by atoms with Gasteiger partial charge in [0.05, 0.1) is 22.2 Å². The van der Waals surface area contributed by atoms with Crippen LogP contribution in [-0.4, -0.2) is 14.7 Å². The SMILES string of the molecule is CC(Nc1ccc(C#N)cc1[N+](=O)[O-])c1ccc(-n2cccn2)cc1. The van der Waals surface area contributed by atoms with Crippen LogP contribution in [0.2, 0.25) is 0 Å². The number of hydrogen-bond acceptors (Lipinski definition) is 5. The maximum atomic E-state index is 11.2. The molecular formula is C18H15N5O2. The molecule has 0 aliphatic rings. The van der Waals surface area contributed by atoms with Gasteiger partial charge in [-0.2, -0.15) is 10.4 Å². The highest BCUT2D eigenvalue weighted by atomic mass is 16.6. The Hall–Kier alpha value is -3.66. The molecule has 0 bridgehead atoms. The summed E-state index contributed by atoms with van der Waals surface area (Å²) in [6.07, 6.45) is 3.57. The maximum Gasteiger partial charge on any atom is 0.293 e. The minimum atomic E-state index is -0.489. The van der Waals surface area contributed by atoms with Crippen molar-refractivity contribution in [1.29, 1.82) is 5.26 Å². The van der Waals surface area contributed by atoms with Crippen molar-refractivity contribution < 1.29 is 4.92 Å². The first kappa shape index (κ1) is 16.2. The number of hydrogen-bond donors (Lipinski definition) is 1. The Bertz CT molecular complexity index is 927. The topological polar surface area (TPSA) is 96.8 Å². The molecule has 7 nitrogen and oxygen atoms in total. The first-order chi connectivity index (χ1) is 12.1. The molecule has 1 aromatic heterocycles. The van der Waals surface area contributed by atoms with Gasteiger partial charge in [0.15, 0.2) is 0 Å². The second kappa shape index (κ2) is 6.84. The molecule has 1 atom stereocenters. The number of nitrogens with zero attached hydrogens (tertiary/aromatic N) is 4. The van der Waals surface area contributed by atoms with Crippen molar-refractivity contribution in [3.8, 4) is 11.8 Å². The number of anilines is 1. The zero-order chi connectivity index (χ0) is 17.8. The molecule has 1 unspecified atom stereocenters. The number of rotatable bonds is 5. The van der Waals surface area contributed by atoms with Crippen LogP contribution in [0.15, 0.2) is 60.9 Å². The minimum absolute atomic E-state index is 0.112. The third kappa shape index (κ3) is 3.48. The quantitative estimate of drug-likeness (QED) is 0.565. The van der Waals surface area contributed by atoms with Crippen molar-refractivity contribution in [2.24, 2.45) is 0 Å². The molecule has 1 heterocycles. The van der Waals surface area contributed by atoms with E-state index in [0.29, 0.717) is 5.69 Å². The monoisotopic (exact) mass is 333 g/mol. The maximum absolute atomic E-state index is 11.2. The summed E-state index contributed by atoms with van der Waals surface area (Å²) in [5, 5.41) is 27.4. The summed E-state index contributed by atoms with van der Waals surface area (Å²) in [4.78, 5) is 10.7. The van der Waals surface area contributed by atoms with Crippen LogP contribution in [0.1, 0.15) is 24.1 Å². The predicted octanol–water partition coefficient (Wildman–Crippen LogP) is 3.83. The van der Waals surface area contributed by atoms with E-state index < -0.39 is 4.92 Å². The van der Waals surface area contributed by atoms with Crippen LogP contribution in [0.4, 0.5) is 11.4 Å². The number of nitro benzene ring substituents is 1. The van der Waals surface area contributed by atoms with Crippen LogP contribution in [0.25, 0.3) is 5.69 Å². The van der Waals surface area contributed by atoms with Crippen molar-refractivity contribution in [1.82, 2.24) is 9.78 Å². The van der Waals surface area contributed by atoms with Crippen LogP contribution in [0.3, 0.4) is 0 Å². The van der Waals surface area contributed by atoms with Crippen LogP contribution >= 0.6 is 0 Å². The molecule has 3 aromatic rings. The lowest BCUT2D eigenvalue weighted by atomic mass is 10.1. The van der Waals surface area contributed by atoms with E-state index in [-0.39, 0.29) is 17.3 Å². The fraction of sp³-hybridized carbons (Fsp3) is 0.111. The molecule has 0 spiro atoms. The smallest absolute Gasteiger partial charge is 0.293 e. The van der Waals surface area contributed by atoms with Gasteiger partial charge in [0, 0.05) is 24.5 Å². The van der Waals surface area contributed by atoms with E-state index in [1.54, 1.807) is 23.0 Å². The molecular weight excluding hydrogens is 318 g/mol. The van der Waals surface area contributed by atoms with E-state index in [4.69, 9.17) is 5.26 Å². The van der Waals surface area contributed by atoms with Gasteiger partial charge in [-0.15, -0.1) is 0 Å². The summed E-state index contributed by atoms with van der Waals surface area (Å²) in [5.74, 6) is 0. The molecule has 0 saturated carbocycles. The highest BCUT2D eigenvalue weighted by Gasteiger charge is 2.17. The van der Waals surface area contributed by atoms with E-state index in [9.17, 15) is 10.1 Å². The number of nitriles is 1. The van der Waals surface area contributed by atoms with Crippen molar-refractivity contribution in [2.75, 3.05) is 5.32 Å². The Labute approximate surface area is 144 Å². The Balaban J connectivity index is 1.82. The number of nitrogens with one attached hydrogen (secondary N) is 1. The lowest BCUT2D eigenvalue weighted by Gasteiger charge is -2.16. The van der Waals surface area contributed by atoms with Crippen LogP contribution in [0.5, 0.6) is 0 Å². The molecule has 0 fully saturated rings. The molecule has 1 N–H and O–H groups in total. The Morgan fingerprint density at radius 3 is 2.64 bits per heavy atom. The Morgan fingerprint density at radius 1 is 1.28 bits per heavy atom. The van der Waals surface area contributed by atoms with E-state index in [1.807, 2.05) is 49.5 Å². The summed E-state index contributed by atoms with van der Waals surface area (Å²) in [6, 6.07) is 15.8. The average molecular weight is 333 g/mol. The van der Waals surface area contributed by atoms with Crippen molar-refractivity contribution >= 4 is 11.4 Å². The van der Waals surface area contributed by atoms with E-state index in [1.165, 1.54) is 6.07 Å². The normalized spacial score (nSPS) is 11.5. The van der Waals surface area contributed by atoms with E-state index >= 15 is 0 Å². The summed E-state index contributed by atoms with van der Waals surface area (Å²) in [7, 11) is 0. The van der Waals surface area contributed by atoms with Crippen LogP contribution in [0, 0.1) is 21.4 Å². The Morgan fingerprint density at radius 2 is 2.04 bits per heavy atom. The fourth-order valence-corrected chi connectivity index (χ4v) is 2.53. The second-order valence-electron chi connectivity index (χ2n) is 5.51. The first-order valence-electron chi connectivity index (χ1n) is 7.63. The third-order valence-corrected chi connectivity index (χ3v) is 3.86. The average Bonchev–Trinajstić information content (AvgIpc) is 3.16. The molecule has 0 saturated heterocycles. The molecule has 3 rings (SSSR count). The third-order valence-electron chi connectivity index (χ3n) is 3.86. The Kier molecular flexibility index (Phi) is 4.44. The molecule has 124 valence electrons. The lowest BCUT2D eigenvalue weighted by Crippen LogP contribution is -2.09. The second-order valence-corrected chi connectivity index (χ2v) is 5.51. The molecule has 25 heavy (non-hydrogen) atoms. The van der Waals surface area contributed by atoms with Crippen molar-refractivity contribution in [3.63, 3.8) is 0 Å². The van der Waals surface area contributed by atoms with E-state index in [0.717, 1.165) is 11.3 Å². The summed E-state index contributed by atoms with van der Waals surface area (Å²) in [5.41, 5.74) is 2.44. The van der Waals surface area contributed by atoms with Crippen LogP contribution in [-0.2, 0) is 0 Å². The lowest BCUT2D eigenvalue weighted by molar-refractivity contribution is -0.384. The number of nitro groups is 1. The zero-order valence-electron chi connectivity index (χ0n) is 13.5. The van der Waals surface area contributed by atoms with Gasteiger partial charge in [0.2, 0.25) is 0 Å². The van der Waals surface area contributed by atoms with Gasteiger partial charge in [-0.05, 0) is 42.8 Å². The molecule has 0 radical (unpaired) electrons. The van der Waals surface area contributed by atoms with Crippen LogP contribution < -0.4 is 5.32 Å². The summed E-state index contributed by atoms with van der Waals surface area (Å²) >= 11 is 0. The first-order valence-corrected chi connectivity index (χ1v) is 7.63. The largest absolute Gasteiger partial charge is 0.373 e. The highest BCUT2D eigenvalue weighted by Crippen LogP contribution is 2.29. The van der Waals surface area contributed by atoms with Gasteiger partial charge in [-0.1, -0.05) is 12.1 Å². The summed E-state index contributed by atoms with van der Waals surface area (Å²) in [6.45, 7) is 1.92. The van der Waals surface area contributed by atoms with Gasteiger partial charge in [0.1, 0.15) is 5.69 Å². The molecule has 2 aromatic carbocycles. The standard InChI is InChI=1S/C18H15N5O2/c1-13(15-4-6-16(7-5-15)22-10-2-9-20-22)21-17-8-3-14(12-19)11-18(17)23(24)25/h2-11,13,21H,1H3. The highest BCUT2D eigenvalue weighted by molar-refractivity contribution is 5.64. The van der Waals surface area contributed by atoms with Gasteiger partial charge < -0.3 is 5.32 Å². The van der Waals surface area contributed by atoms with Gasteiger partial charge in [0.25, 0.3) is 5.69 Å². The van der Waals surface area contributed by atoms with E-state index in [2.05, 4.69) is 10.4 Å². The van der Waals surface area contributed by atoms with Crippen molar-refractivity contribution in [3.05, 3.63) is 82.2 Å². The number of aromatic nitrogens is 2. The predicted molar refractivity (Wildman–Crippen MR) is 93.4 cm³/mol. The number of benzene rings is 2. The zero-order valence-corrected chi connectivity index (χ0v) is 13.5. The van der Waals surface area contributed by atoms with Crippen molar-refractivity contribution in [2.45, 2.75) is 13.0 Å². The molecule has 7 heteroatoms.